The van der Waals surface area contributed by atoms with Gasteiger partial charge in [0.05, 0.1) is 39.1 Å². The highest BCUT2D eigenvalue weighted by atomic mass is 15.2. The maximum absolute atomic E-state index is 2.70. The van der Waals surface area contributed by atoms with Crippen molar-refractivity contribution in [3.63, 3.8) is 0 Å². The largest absolute Gasteiger partial charge is 0.310 e. The average molecular weight is 1310 g/mol. The molecule has 0 atom stereocenters. The molecule has 482 valence electrons. The van der Waals surface area contributed by atoms with Crippen LogP contribution in [0.5, 0.6) is 0 Å². The lowest BCUT2D eigenvalue weighted by Gasteiger charge is -2.46. The van der Waals surface area contributed by atoms with E-state index < -0.39 is 0 Å². The number of anilines is 6. The number of nitrogens with zero attached hydrogens (tertiary/aromatic N) is 4. The van der Waals surface area contributed by atoms with Crippen LogP contribution < -0.4 is 26.2 Å². The standard InChI is InChI=1S/C98H67BN4/c1-98(2,3)72-56-69-48-46-67-54-71(55-68-47-49-70(57-72)94(69)93(67)68)66-50-53-89-84(58-66)99-83-52-51-73(100-85-42-20-16-34-79(85)80-35-17-21-43-86(80)100)59-90(83)103(97-77(64-30-12-6-13-31-64)40-25-41-78(97)65-32-14-7-15-33-65)92-61-74(101-87-44-22-18-36-81(87)82-37-19-23-45-88(82)101)60-91(95(92)99)102(89)96-75(62-26-8-4-9-27-62)38-24-39-76(96)63-28-10-5-11-29-63/h4-61H,1-3H3. The zero-order chi connectivity index (χ0) is 68.2. The van der Waals surface area contributed by atoms with Crippen LogP contribution in [-0.2, 0) is 5.41 Å². The van der Waals surface area contributed by atoms with Crippen LogP contribution in [0.25, 0.3) is 143 Å². The lowest BCUT2D eigenvalue weighted by Crippen LogP contribution is -2.61. The number of rotatable bonds is 9. The SMILES string of the molecule is CC(C)(C)c1cc2ccc3cc(-c4ccc5c(c4)B4c6ccc(-n7c8ccccc8c8ccccc87)cc6N(c6c(-c7ccccc7)cccc6-c6ccccc6)c6cc(-n7c8ccccc8c8ccccc87)cc(c64)N5c4c(-c5ccccc5)cccc4-c4ccccc4)cc4ccc(c1)c2c34. The van der Waals surface area contributed by atoms with Crippen molar-refractivity contribution in [1.82, 2.24) is 9.13 Å². The van der Waals surface area contributed by atoms with Gasteiger partial charge in [-0.25, -0.2) is 0 Å². The summed E-state index contributed by atoms with van der Waals surface area (Å²) in [5, 5.41) is 12.6. The second-order valence-electron chi connectivity index (χ2n) is 29.1. The van der Waals surface area contributed by atoms with Crippen LogP contribution in [0.1, 0.15) is 26.3 Å². The maximum atomic E-state index is 2.70. The molecule has 0 saturated carbocycles. The van der Waals surface area contributed by atoms with Crippen LogP contribution in [0.15, 0.2) is 352 Å². The summed E-state index contributed by atoms with van der Waals surface area (Å²) in [5.74, 6) is 0. The lowest BCUT2D eigenvalue weighted by atomic mass is 9.33. The number of aromatic nitrogens is 2. The molecule has 0 bridgehead atoms. The fourth-order valence-corrected chi connectivity index (χ4v) is 17.7. The van der Waals surface area contributed by atoms with Gasteiger partial charge in [-0.2, -0.15) is 0 Å². The predicted octanol–water partition coefficient (Wildman–Crippen LogP) is 24.5. The summed E-state index contributed by atoms with van der Waals surface area (Å²) in [7, 11) is 0. The first-order valence-electron chi connectivity index (χ1n) is 36.0. The van der Waals surface area contributed by atoms with Gasteiger partial charge < -0.3 is 18.9 Å². The van der Waals surface area contributed by atoms with Gasteiger partial charge in [0.15, 0.2) is 0 Å². The Bertz CT molecular complexity index is 6370. The third-order valence-corrected chi connectivity index (χ3v) is 22.3. The minimum atomic E-state index is -0.280. The van der Waals surface area contributed by atoms with E-state index in [4.69, 9.17) is 0 Å². The Balaban J connectivity index is 0.932. The summed E-state index contributed by atoms with van der Waals surface area (Å²) in [6.07, 6.45) is 0. The molecule has 4 nitrogen and oxygen atoms in total. The van der Waals surface area contributed by atoms with Crippen molar-refractivity contribution in [3.05, 3.63) is 357 Å². The van der Waals surface area contributed by atoms with Crippen LogP contribution in [0.4, 0.5) is 34.1 Å². The molecule has 2 aliphatic heterocycles. The Morgan fingerprint density at radius 3 is 1.04 bits per heavy atom. The monoisotopic (exact) mass is 1310 g/mol. The van der Waals surface area contributed by atoms with Gasteiger partial charge in [0, 0.05) is 72.2 Å². The summed E-state index contributed by atoms with van der Waals surface area (Å²) < 4.78 is 5.03. The van der Waals surface area contributed by atoms with E-state index in [0.717, 1.165) is 118 Å². The molecule has 0 unspecified atom stereocenters. The molecule has 19 aromatic rings. The lowest BCUT2D eigenvalue weighted by molar-refractivity contribution is 0.591. The highest BCUT2D eigenvalue weighted by Crippen LogP contribution is 2.55. The van der Waals surface area contributed by atoms with Gasteiger partial charge in [-0.05, 0) is 160 Å². The Morgan fingerprint density at radius 1 is 0.252 bits per heavy atom. The van der Waals surface area contributed by atoms with E-state index in [1.807, 2.05) is 0 Å². The molecule has 0 spiro atoms. The molecule has 0 aliphatic carbocycles. The first-order chi connectivity index (χ1) is 50.8. The number of fused-ring (bicyclic) bond motifs is 10. The Hall–Kier alpha value is -13.0. The number of hydrogen-bond acceptors (Lipinski definition) is 2. The number of hydrogen-bond donors (Lipinski definition) is 0. The van der Waals surface area contributed by atoms with Crippen molar-refractivity contribution in [2.45, 2.75) is 26.2 Å². The van der Waals surface area contributed by atoms with E-state index in [1.165, 1.54) is 81.4 Å². The zero-order valence-corrected chi connectivity index (χ0v) is 57.4. The molecule has 2 aromatic heterocycles. The first kappa shape index (κ1) is 59.0. The van der Waals surface area contributed by atoms with Crippen molar-refractivity contribution in [2.24, 2.45) is 0 Å². The van der Waals surface area contributed by atoms with E-state index in [0.29, 0.717) is 0 Å². The van der Waals surface area contributed by atoms with E-state index in [1.54, 1.807) is 0 Å². The molecule has 0 amide bonds. The third-order valence-electron chi connectivity index (χ3n) is 22.3. The summed E-state index contributed by atoms with van der Waals surface area (Å²) in [6, 6.07) is 133. The third kappa shape index (κ3) is 9.05. The molecule has 5 heteroatoms. The summed E-state index contributed by atoms with van der Waals surface area (Å²) >= 11 is 0. The molecule has 0 saturated heterocycles. The van der Waals surface area contributed by atoms with Gasteiger partial charge in [0.1, 0.15) is 0 Å². The molecule has 0 fully saturated rings. The van der Waals surface area contributed by atoms with Crippen molar-refractivity contribution in [2.75, 3.05) is 9.80 Å². The summed E-state index contributed by atoms with van der Waals surface area (Å²) in [4.78, 5) is 5.38. The Morgan fingerprint density at radius 2 is 0.621 bits per heavy atom. The Kier molecular flexibility index (Phi) is 13.0. The van der Waals surface area contributed by atoms with Gasteiger partial charge in [-0.1, -0.05) is 306 Å². The summed E-state index contributed by atoms with van der Waals surface area (Å²) in [5.41, 5.74) is 29.9. The average Bonchev–Trinajstić information content (AvgIpc) is 0.993. The van der Waals surface area contributed by atoms with Gasteiger partial charge in [-0.15, -0.1) is 0 Å². The van der Waals surface area contributed by atoms with Crippen LogP contribution in [0.3, 0.4) is 0 Å². The fraction of sp³-hybridized carbons (Fsp3) is 0.0408. The van der Waals surface area contributed by atoms with E-state index >= 15 is 0 Å². The van der Waals surface area contributed by atoms with Crippen LogP contribution in [-0.4, -0.2) is 15.8 Å². The highest BCUT2D eigenvalue weighted by Gasteiger charge is 2.46. The Labute approximate surface area is 598 Å². The minimum Gasteiger partial charge on any atom is -0.310 e. The van der Waals surface area contributed by atoms with Crippen LogP contribution in [0, 0.1) is 0 Å². The molecule has 21 rings (SSSR count). The van der Waals surface area contributed by atoms with Crippen molar-refractivity contribution < 1.29 is 0 Å². The topological polar surface area (TPSA) is 16.3 Å². The molecule has 103 heavy (non-hydrogen) atoms. The quantitative estimate of drug-likeness (QED) is 0.106. The molecule has 4 heterocycles. The maximum Gasteiger partial charge on any atom is 0.252 e. The molecular formula is C98H67BN4. The molecule has 0 N–H and O–H groups in total. The number of para-hydroxylation sites is 6. The van der Waals surface area contributed by atoms with Crippen molar-refractivity contribution in [3.8, 4) is 67.0 Å². The van der Waals surface area contributed by atoms with Crippen molar-refractivity contribution >= 4 is 133 Å². The van der Waals surface area contributed by atoms with E-state index in [-0.39, 0.29) is 12.1 Å². The second kappa shape index (κ2) is 22.8. The van der Waals surface area contributed by atoms with E-state index in [2.05, 4.69) is 392 Å². The van der Waals surface area contributed by atoms with Gasteiger partial charge >= 0.3 is 0 Å². The van der Waals surface area contributed by atoms with Gasteiger partial charge in [-0.3, -0.25) is 0 Å². The highest BCUT2D eigenvalue weighted by molar-refractivity contribution is 7.00. The first-order valence-corrected chi connectivity index (χ1v) is 36.0. The van der Waals surface area contributed by atoms with Crippen molar-refractivity contribution in [1.29, 1.82) is 0 Å². The van der Waals surface area contributed by atoms with Gasteiger partial charge in [0.2, 0.25) is 0 Å². The molecule has 0 radical (unpaired) electrons. The zero-order valence-electron chi connectivity index (χ0n) is 57.4. The number of benzene rings is 17. The fourth-order valence-electron chi connectivity index (χ4n) is 17.7. The minimum absolute atomic E-state index is 0.0197. The van der Waals surface area contributed by atoms with Crippen LogP contribution in [0.2, 0.25) is 0 Å². The van der Waals surface area contributed by atoms with Gasteiger partial charge in [0.25, 0.3) is 6.71 Å². The predicted molar refractivity (Wildman–Crippen MR) is 439 cm³/mol. The van der Waals surface area contributed by atoms with Crippen LogP contribution >= 0.6 is 0 Å². The second-order valence-corrected chi connectivity index (χ2v) is 29.1. The molecular weight excluding hydrogens is 1240 g/mol. The molecule has 2 aliphatic rings. The molecule has 17 aromatic carbocycles. The summed E-state index contributed by atoms with van der Waals surface area (Å²) in [6.45, 7) is 6.67. The normalized spacial score (nSPS) is 12.7. The van der Waals surface area contributed by atoms with E-state index in [9.17, 15) is 0 Å². The smallest absolute Gasteiger partial charge is 0.252 e.